The van der Waals surface area contributed by atoms with Gasteiger partial charge >= 0.3 is 0 Å². The fourth-order valence-corrected chi connectivity index (χ4v) is 8.44. The molecule has 0 spiro atoms. The highest BCUT2D eigenvalue weighted by atomic mass is 14.9. The van der Waals surface area contributed by atoms with Crippen LogP contribution >= 0.6 is 0 Å². The van der Waals surface area contributed by atoms with Crippen molar-refractivity contribution in [3.8, 4) is 56.2 Å². The Hall–Kier alpha value is -6.90. The molecule has 1 aliphatic carbocycles. The van der Waals surface area contributed by atoms with Gasteiger partial charge in [-0.05, 0) is 73.5 Å². The van der Waals surface area contributed by atoms with Crippen molar-refractivity contribution in [2.24, 2.45) is 0 Å². The Morgan fingerprint density at radius 3 is 1.38 bits per heavy atom. The Balaban J connectivity index is 1.16. The van der Waals surface area contributed by atoms with Crippen molar-refractivity contribution in [3.63, 3.8) is 0 Å². The summed E-state index contributed by atoms with van der Waals surface area (Å²) in [4.78, 5) is 10.4. The molecule has 0 atom stereocenters. The maximum absolute atomic E-state index is 5.19. The van der Waals surface area contributed by atoms with Crippen molar-refractivity contribution in [2.45, 2.75) is 5.41 Å². The maximum Gasteiger partial charge on any atom is 0.161 e. The molecule has 1 aliphatic rings. The van der Waals surface area contributed by atoms with E-state index in [1.165, 1.54) is 49.9 Å². The number of rotatable bonds is 6. The van der Waals surface area contributed by atoms with E-state index in [1.54, 1.807) is 0 Å². The molecule has 1 heterocycles. The summed E-state index contributed by atoms with van der Waals surface area (Å²) in [7, 11) is 0. The summed E-state index contributed by atoms with van der Waals surface area (Å²) < 4.78 is 0. The molecule has 2 nitrogen and oxygen atoms in total. The van der Waals surface area contributed by atoms with Gasteiger partial charge in [0.05, 0.1) is 16.8 Å². The standard InChI is InChI=1S/C51H34N2/c1-5-17-35(18-6-1)48-34-49(36-19-7-2-8-20-36)53-50(52-48)44-31-30-40(41-25-13-14-26-42(41)44)37-29-32-47-45(33-37)43-27-15-16-28-46(43)51(47,38-21-9-3-10-22-38)39-23-11-4-12-24-39/h1-34H. The summed E-state index contributed by atoms with van der Waals surface area (Å²) in [5.41, 5.74) is 14.6. The summed E-state index contributed by atoms with van der Waals surface area (Å²) in [6.07, 6.45) is 0. The second-order valence-corrected chi connectivity index (χ2v) is 13.7. The van der Waals surface area contributed by atoms with Crippen LogP contribution in [0.4, 0.5) is 0 Å². The van der Waals surface area contributed by atoms with Crippen LogP contribution in [-0.4, -0.2) is 9.97 Å². The Labute approximate surface area is 309 Å². The van der Waals surface area contributed by atoms with E-state index >= 15 is 0 Å². The molecule has 0 saturated heterocycles. The van der Waals surface area contributed by atoms with Crippen LogP contribution in [-0.2, 0) is 5.41 Å². The average molecular weight is 675 g/mol. The lowest BCUT2D eigenvalue weighted by molar-refractivity contribution is 0.768. The van der Waals surface area contributed by atoms with Crippen LogP contribution in [0, 0.1) is 0 Å². The largest absolute Gasteiger partial charge is 0.228 e. The number of nitrogens with zero attached hydrogens (tertiary/aromatic N) is 2. The highest BCUT2D eigenvalue weighted by Gasteiger charge is 2.45. The minimum atomic E-state index is -0.420. The highest BCUT2D eigenvalue weighted by molar-refractivity contribution is 6.05. The lowest BCUT2D eigenvalue weighted by atomic mass is 9.67. The first-order valence-corrected chi connectivity index (χ1v) is 18.2. The maximum atomic E-state index is 5.19. The van der Waals surface area contributed by atoms with E-state index in [-0.39, 0.29) is 0 Å². The third-order valence-electron chi connectivity index (χ3n) is 10.8. The number of benzene rings is 8. The first-order valence-electron chi connectivity index (χ1n) is 18.2. The number of aromatic nitrogens is 2. The van der Waals surface area contributed by atoms with Gasteiger partial charge in [-0.1, -0.05) is 188 Å². The molecular weight excluding hydrogens is 641 g/mol. The summed E-state index contributed by atoms with van der Waals surface area (Å²) in [6.45, 7) is 0. The first kappa shape index (κ1) is 30.9. The molecule has 248 valence electrons. The third-order valence-corrected chi connectivity index (χ3v) is 10.8. The molecule has 2 heteroatoms. The monoisotopic (exact) mass is 674 g/mol. The van der Waals surface area contributed by atoms with Gasteiger partial charge in [0.25, 0.3) is 0 Å². The van der Waals surface area contributed by atoms with Gasteiger partial charge in [-0.2, -0.15) is 0 Å². The Morgan fingerprint density at radius 2 is 0.774 bits per heavy atom. The molecule has 0 fully saturated rings. The highest BCUT2D eigenvalue weighted by Crippen LogP contribution is 2.56. The lowest BCUT2D eigenvalue weighted by Gasteiger charge is -2.33. The van der Waals surface area contributed by atoms with Crippen molar-refractivity contribution in [1.29, 1.82) is 0 Å². The van der Waals surface area contributed by atoms with Gasteiger partial charge in [0.2, 0.25) is 0 Å². The van der Waals surface area contributed by atoms with Crippen LogP contribution in [0.5, 0.6) is 0 Å². The quantitative estimate of drug-likeness (QED) is 0.175. The smallest absolute Gasteiger partial charge is 0.161 e. The average Bonchev–Trinajstić information content (AvgIpc) is 3.55. The van der Waals surface area contributed by atoms with Gasteiger partial charge in [0.1, 0.15) is 0 Å². The molecule has 53 heavy (non-hydrogen) atoms. The second kappa shape index (κ2) is 12.7. The Kier molecular flexibility index (Phi) is 7.40. The minimum Gasteiger partial charge on any atom is -0.228 e. The van der Waals surface area contributed by atoms with Gasteiger partial charge < -0.3 is 0 Å². The molecule has 0 N–H and O–H groups in total. The number of hydrogen-bond donors (Lipinski definition) is 0. The van der Waals surface area contributed by atoms with Crippen LogP contribution < -0.4 is 0 Å². The first-order chi connectivity index (χ1) is 26.3. The predicted molar refractivity (Wildman–Crippen MR) is 219 cm³/mol. The fourth-order valence-electron chi connectivity index (χ4n) is 8.44. The van der Waals surface area contributed by atoms with Crippen LogP contribution in [0.1, 0.15) is 22.3 Å². The molecule has 0 radical (unpaired) electrons. The van der Waals surface area contributed by atoms with Crippen molar-refractivity contribution in [2.75, 3.05) is 0 Å². The van der Waals surface area contributed by atoms with Crippen LogP contribution in [0.15, 0.2) is 206 Å². The number of hydrogen-bond acceptors (Lipinski definition) is 2. The zero-order valence-electron chi connectivity index (χ0n) is 29.0. The molecule has 0 bridgehead atoms. The molecule has 9 aromatic rings. The zero-order valence-corrected chi connectivity index (χ0v) is 29.0. The van der Waals surface area contributed by atoms with Gasteiger partial charge in [-0.15, -0.1) is 0 Å². The van der Waals surface area contributed by atoms with E-state index in [0.717, 1.165) is 33.5 Å². The molecule has 0 aliphatic heterocycles. The van der Waals surface area contributed by atoms with Gasteiger partial charge in [-0.3, -0.25) is 0 Å². The molecule has 10 rings (SSSR count). The molecule has 0 unspecified atom stereocenters. The van der Waals surface area contributed by atoms with Gasteiger partial charge in [0.15, 0.2) is 5.82 Å². The Morgan fingerprint density at radius 1 is 0.302 bits per heavy atom. The van der Waals surface area contributed by atoms with E-state index in [9.17, 15) is 0 Å². The van der Waals surface area contributed by atoms with Crippen molar-refractivity contribution >= 4 is 10.8 Å². The fraction of sp³-hybridized carbons (Fsp3) is 0.0196. The molecular formula is C51H34N2. The SMILES string of the molecule is c1ccc(-c2cc(-c3ccccc3)nc(-c3ccc(-c4ccc5c(c4)-c4ccccc4C5(c4ccccc4)c4ccccc4)c4ccccc34)n2)cc1. The van der Waals surface area contributed by atoms with Crippen LogP contribution in [0.3, 0.4) is 0 Å². The summed E-state index contributed by atoms with van der Waals surface area (Å²) >= 11 is 0. The predicted octanol–water partition coefficient (Wildman–Crippen LogP) is 12.7. The van der Waals surface area contributed by atoms with Crippen molar-refractivity contribution in [3.05, 3.63) is 229 Å². The van der Waals surface area contributed by atoms with Crippen molar-refractivity contribution < 1.29 is 0 Å². The van der Waals surface area contributed by atoms with Gasteiger partial charge in [0, 0.05) is 16.7 Å². The molecule has 0 saturated carbocycles. The third kappa shape index (κ3) is 5.03. The molecule has 0 amide bonds. The topological polar surface area (TPSA) is 25.8 Å². The normalized spacial score (nSPS) is 12.7. The lowest BCUT2D eigenvalue weighted by Crippen LogP contribution is -2.28. The van der Waals surface area contributed by atoms with Crippen molar-refractivity contribution in [1.82, 2.24) is 9.97 Å². The van der Waals surface area contributed by atoms with Crippen LogP contribution in [0.25, 0.3) is 66.9 Å². The van der Waals surface area contributed by atoms with E-state index in [2.05, 4.69) is 194 Å². The second-order valence-electron chi connectivity index (χ2n) is 13.7. The van der Waals surface area contributed by atoms with Gasteiger partial charge in [-0.25, -0.2) is 9.97 Å². The summed E-state index contributed by atoms with van der Waals surface area (Å²) in [5.74, 6) is 0.714. The van der Waals surface area contributed by atoms with E-state index in [4.69, 9.17) is 9.97 Å². The summed E-state index contributed by atoms with van der Waals surface area (Å²) in [6, 6.07) is 73.9. The molecule has 1 aromatic heterocycles. The van der Waals surface area contributed by atoms with E-state index in [0.29, 0.717) is 5.82 Å². The van der Waals surface area contributed by atoms with E-state index in [1.807, 2.05) is 12.1 Å². The summed E-state index contributed by atoms with van der Waals surface area (Å²) in [5, 5.41) is 2.29. The van der Waals surface area contributed by atoms with E-state index < -0.39 is 5.41 Å². The molecule has 8 aromatic carbocycles. The van der Waals surface area contributed by atoms with Crippen LogP contribution in [0.2, 0.25) is 0 Å². The number of fused-ring (bicyclic) bond motifs is 4. The zero-order chi connectivity index (χ0) is 35.2. The minimum absolute atomic E-state index is 0.420. The Bertz CT molecular complexity index is 2660.